The molecule has 0 saturated carbocycles. The molecule has 0 amide bonds. The molecular weight excluding hydrogens is 224 g/mol. The molecule has 0 aromatic heterocycles. The molecule has 0 bridgehead atoms. The molecule has 3 nitrogen and oxygen atoms in total. The average molecular weight is 243 g/mol. The summed E-state index contributed by atoms with van der Waals surface area (Å²) in [6.07, 6.45) is 5.18. The third-order valence-corrected chi connectivity index (χ3v) is 3.06. The molecule has 0 rings (SSSR count). The van der Waals surface area contributed by atoms with E-state index in [1.165, 1.54) is 19.3 Å². The van der Waals surface area contributed by atoms with Crippen LogP contribution in [0.5, 0.6) is 0 Å². The molecule has 0 saturated heterocycles. The summed E-state index contributed by atoms with van der Waals surface area (Å²) in [5.41, 5.74) is 0. The molecular formula is C9H19ClO3S. The van der Waals surface area contributed by atoms with Gasteiger partial charge in [-0.3, -0.25) is 0 Å². The second-order valence-electron chi connectivity index (χ2n) is 3.27. The van der Waals surface area contributed by atoms with E-state index in [-0.39, 0.29) is 5.75 Å². The second-order valence-corrected chi connectivity index (χ2v) is 6.17. The van der Waals surface area contributed by atoms with Crippen LogP contribution in [-0.2, 0) is 13.8 Å². The van der Waals surface area contributed by atoms with Crippen molar-refractivity contribution in [2.75, 3.05) is 19.0 Å². The summed E-state index contributed by atoms with van der Waals surface area (Å²) in [5, 5.41) is 0. The Balaban J connectivity index is 3.07. The maximum absolute atomic E-state index is 10.5. The zero-order chi connectivity index (χ0) is 10.9. The fourth-order valence-corrected chi connectivity index (χ4v) is 1.86. The van der Waals surface area contributed by atoms with E-state index >= 15 is 0 Å². The molecule has 14 heavy (non-hydrogen) atoms. The molecule has 0 N–H and O–H groups in total. The van der Waals surface area contributed by atoms with Crippen molar-refractivity contribution in [3.05, 3.63) is 0 Å². The Morgan fingerprint density at radius 2 is 1.71 bits per heavy atom. The van der Waals surface area contributed by atoms with Gasteiger partial charge in [0.1, 0.15) is 0 Å². The van der Waals surface area contributed by atoms with Gasteiger partial charge in [0.2, 0.25) is 9.05 Å². The van der Waals surface area contributed by atoms with E-state index in [0.717, 1.165) is 13.0 Å². The highest BCUT2D eigenvalue weighted by Gasteiger charge is 2.03. The zero-order valence-electron chi connectivity index (χ0n) is 8.67. The molecule has 0 aliphatic heterocycles. The van der Waals surface area contributed by atoms with E-state index in [0.29, 0.717) is 13.0 Å². The van der Waals surface area contributed by atoms with Gasteiger partial charge in [0.25, 0.3) is 0 Å². The molecule has 0 radical (unpaired) electrons. The van der Waals surface area contributed by atoms with Crippen molar-refractivity contribution >= 4 is 19.7 Å². The summed E-state index contributed by atoms with van der Waals surface area (Å²) in [5.74, 6) is 0.00349. The van der Waals surface area contributed by atoms with Gasteiger partial charge in [-0.05, 0) is 12.8 Å². The first-order valence-corrected chi connectivity index (χ1v) is 7.54. The molecule has 0 aromatic rings. The van der Waals surface area contributed by atoms with Crippen molar-refractivity contribution in [3.63, 3.8) is 0 Å². The first-order chi connectivity index (χ1) is 6.56. The van der Waals surface area contributed by atoms with E-state index in [2.05, 4.69) is 6.92 Å². The predicted octanol–water partition coefficient (Wildman–Crippen LogP) is 2.54. The SMILES string of the molecule is CCCCCCOCCCS(=O)(=O)Cl. The van der Waals surface area contributed by atoms with Crippen LogP contribution in [0.3, 0.4) is 0 Å². The minimum Gasteiger partial charge on any atom is -0.381 e. The van der Waals surface area contributed by atoms with Crippen LogP contribution in [0.1, 0.15) is 39.0 Å². The number of rotatable bonds is 9. The monoisotopic (exact) mass is 242 g/mol. The van der Waals surface area contributed by atoms with E-state index in [9.17, 15) is 8.42 Å². The Labute approximate surface area is 91.2 Å². The number of ether oxygens (including phenoxy) is 1. The van der Waals surface area contributed by atoms with Gasteiger partial charge in [-0.25, -0.2) is 8.42 Å². The number of hydrogen-bond acceptors (Lipinski definition) is 3. The van der Waals surface area contributed by atoms with Gasteiger partial charge < -0.3 is 4.74 Å². The largest absolute Gasteiger partial charge is 0.381 e. The topological polar surface area (TPSA) is 43.4 Å². The highest BCUT2D eigenvalue weighted by molar-refractivity contribution is 8.13. The van der Waals surface area contributed by atoms with E-state index in [1.807, 2.05) is 0 Å². The second kappa shape index (κ2) is 8.50. The third kappa shape index (κ3) is 12.2. The predicted molar refractivity (Wildman–Crippen MR) is 59.2 cm³/mol. The van der Waals surface area contributed by atoms with Gasteiger partial charge in [-0.1, -0.05) is 26.2 Å². The number of unbranched alkanes of at least 4 members (excludes halogenated alkanes) is 3. The van der Waals surface area contributed by atoms with Crippen molar-refractivity contribution in [1.29, 1.82) is 0 Å². The van der Waals surface area contributed by atoms with Crippen molar-refractivity contribution in [1.82, 2.24) is 0 Å². The first-order valence-electron chi connectivity index (χ1n) is 5.06. The van der Waals surface area contributed by atoms with Crippen LogP contribution < -0.4 is 0 Å². The lowest BCUT2D eigenvalue weighted by Crippen LogP contribution is -2.03. The van der Waals surface area contributed by atoms with Crippen molar-refractivity contribution in [2.45, 2.75) is 39.0 Å². The Morgan fingerprint density at radius 1 is 1.07 bits per heavy atom. The highest BCUT2D eigenvalue weighted by Crippen LogP contribution is 2.01. The molecule has 0 spiro atoms. The number of hydrogen-bond donors (Lipinski definition) is 0. The smallest absolute Gasteiger partial charge is 0.232 e. The summed E-state index contributed by atoms with van der Waals surface area (Å²) in [6.45, 7) is 3.37. The fourth-order valence-electron chi connectivity index (χ4n) is 1.07. The summed E-state index contributed by atoms with van der Waals surface area (Å²) in [4.78, 5) is 0. The quantitative estimate of drug-likeness (QED) is 0.461. The summed E-state index contributed by atoms with van der Waals surface area (Å²) < 4.78 is 26.3. The fraction of sp³-hybridized carbons (Fsp3) is 1.00. The lowest BCUT2D eigenvalue weighted by atomic mass is 10.2. The summed E-state index contributed by atoms with van der Waals surface area (Å²) >= 11 is 0. The highest BCUT2D eigenvalue weighted by atomic mass is 35.7. The molecule has 0 aliphatic rings. The molecule has 0 heterocycles. The lowest BCUT2D eigenvalue weighted by Gasteiger charge is -2.02. The van der Waals surface area contributed by atoms with Crippen molar-refractivity contribution < 1.29 is 13.2 Å². The third-order valence-electron chi connectivity index (χ3n) is 1.82. The van der Waals surface area contributed by atoms with E-state index in [1.54, 1.807) is 0 Å². The minimum atomic E-state index is -3.33. The maximum atomic E-state index is 10.5. The molecule has 0 atom stereocenters. The lowest BCUT2D eigenvalue weighted by molar-refractivity contribution is 0.131. The molecule has 0 aromatic carbocycles. The van der Waals surface area contributed by atoms with Crippen LogP contribution in [0.15, 0.2) is 0 Å². The van der Waals surface area contributed by atoms with E-state index < -0.39 is 9.05 Å². The van der Waals surface area contributed by atoms with Crippen LogP contribution in [0.4, 0.5) is 0 Å². The zero-order valence-corrected chi connectivity index (χ0v) is 10.2. The normalized spacial score (nSPS) is 11.9. The summed E-state index contributed by atoms with van der Waals surface area (Å²) in [6, 6.07) is 0. The van der Waals surface area contributed by atoms with Crippen LogP contribution in [0.2, 0.25) is 0 Å². The van der Waals surface area contributed by atoms with Gasteiger partial charge in [0.05, 0.1) is 5.75 Å². The average Bonchev–Trinajstić information content (AvgIpc) is 2.08. The Hall–Kier alpha value is 0.200. The molecule has 0 unspecified atom stereocenters. The molecule has 86 valence electrons. The Kier molecular flexibility index (Phi) is 8.63. The van der Waals surface area contributed by atoms with Gasteiger partial charge in [0.15, 0.2) is 0 Å². The van der Waals surface area contributed by atoms with Crippen LogP contribution in [-0.4, -0.2) is 27.4 Å². The van der Waals surface area contributed by atoms with E-state index in [4.69, 9.17) is 15.4 Å². The molecule has 5 heteroatoms. The summed E-state index contributed by atoms with van der Waals surface area (Å²) in [7, 11) is 1.70. The van der Waals surface area contributed by atoms with Crippen molar-refractivity contribution in [3.8, 4) is 0 Å². The standard InChI is InChI=1S/C9H19ClO3S/c1-2-3-4-5-7-13-8-6-9-14(10,11)12/h2-9H2,1H3. The Bertz CT molecular complexity index is 214. The number of halogens is 1. The minimum absolute atomic E-state index is 0.00349. The van der Waals surface area contributed by atoms with Gasteiger partial charge in [-0.2, -0.15) is 0 Å². The van der Waals surface area contributed by atoms with Crippen molar-refractivity contribution in [2.24, 2.45) is 0 Å². The van der Waals surface area contributed by atoms with Crippen LogP contribution >= 0.6 is 10.7 Å². The van der Waals surface area contributed by atoms with Gasteiger partial charge >= 0.3 is 0 Å². The first kappa shape index (κ1) is 14.2. The van der Waals surface area contributed by atoms with Gasteiger partial charge in [-0.15, -0.1) is 0 Å². The van der Waals surface area contributed by atoms with Crippen LogP contribution in [0.25, 0.3) is 0 Å². The van der Waals surface area contributed by atoms with Crippen LogP contribution in [0, 0.1) is 0 Å². The maximum Gasteiger partial charge on any atom is 0.232 e. The Morgan fingerprint density at radius 3 is 2.29 bits per heavy atom. The molecule has 0 aliphatic carbocycles. The molecule has 0 fully saturated rings. The van der Waals surface area contributed by atoms with Gasteiger partial charge in [0, 0.05) is 23.9 Å².